The maximum atomic E-state index is 12.2. The minimum atomic E-state index is 0.178. The molecule has 1 aromatic rings. The third kappa shape index (κ3) is 6.49. The molecule has 0 bridgehead atoms. The van der Waals surface area contributed by atoms with Crippen LogP contribution in [0.1, 0.15) is 38.7 Å². The average molecular weight is 311 g/mol. The molecule has 0 heterocycles. The van der Waals surface area contributed by atoms with Crippen molar-refractivity contribution in [2.75, 3.05) is 13.6 Å². The van der Waals surface area contributed by atoms with Crippen LogP contribution in [0.4, 0.5) is 0 Å². The molecule has 0 aromatic heterocycles. The first kappa shape index (κ1) is 18.0. The number of nitrogens with zero attached hydrogens (tertiary/aromatic N) is 1. The van der Waals surface area contributed by atoms with Crippen molar-refractivity contribution >= 4 is 17.5 Å². The normalized spacial score (nSPS) is 12.5. The van der Waals surface area contributed by atoms with E-state index in [1.54, 1.807) is 4.90 Å². The second kappa shape index (κ2) is 9.06. The summed E-state index contributed by atoms with van der Waals surface area (Å²) in [5.74, 6) is 1.27. The van der Waals surface area contributed by atoms with Gasteiger partial charge in [0.25, 0.3) is 0 Å². The fourth-order valence-electron chi connectivity index (χ4n) is 2.52. The zero-order valence-electron chi connectivity index (χ0n) is 13.3. The highest BCUT2D eigenvalue weighted by Crippen LogP contribution is 2.21. The fourth-order valence-corrected chi connectivity index (χ4v) is 2.74. The molecule has 0 saturated carbocycles. The average Bonchev–Trinajstić information content (AvgIpc) is 2.42. The predicted molar refractivity (Wildman–Crippen MR) is 89.2 cm³/mol. The van der Waals surface area contributed by atoms with Crippen LogP contribution in [0.2, 0.25) is 5.02 Å². The van der Waals surface area contributed by atoms with Gasteiger partial charge >= 0.3 is 0 Å². The number of amides is 1. The summed E-state index contributed by atoms with van der Waals surface area (Å²) in [7, 11) is 1.84. The Bertz CT molecular complexity index is 448. The molecule has 0 saturated heterocycles. The van der Waals surface area contributed by atoms with Crippen LogP contribution >= 0.6 is 11.6 Å². The van der Waals surface area contributed by atoms with Crippen molar-refractivity contribution in [3.05, 3.63) is 34.9 Å². The van der Waals surface area contributed by atoms with Crippen LogP contribution in [-0.4, -0.2) is 24.4 Å². The zero-order chi connectivity index (χ0) is 15.8. The number of rotatable bonds is 8. The number of nitrogens with two attached hydrogens (primary N) is 1. The summed E-state index contributed by atoms with van der Waals surface area (Å²) in [5.41, 5.74) is 6.70. The third-order valence-corrected chi connectivity index (χ3v) is 4.18. The Kier molecular flexibility index (Phi) is 7.76. The molecule has 0 aliphatic carbocycles. The van der Waals surface area contributed by atoms with E-state index >= 15 is 0 Å². The van der Waals surface area contributed by atoms with Crippen molar-refractivity contribution in [2.24, 2.45) is 17.6 Å². The van der Waals surface area contributed by atoms with Gasteiger partial charge in [0.2, 0.25) is 5.91 Å². The van der Waals surface area contributed by atoms with Crippen molar-refractivity contribution in [3.63, 3.8) is 0 Å². The lowest BCUT2D eigenvalue weighted by Crippen LogP contribution is -2.27. The van der Waals surface area contributed by atoms with Gasteiger partial charge in [0.1, 0.15) is 0 Å². The highest BCUT2D eigenvalue weighted by atomic mass is 35.5. The van der Waals surface area contributed by atoms with E-state index in [2.05, 4.69) is 13.8 Å². The quantitative estimate of drug-likeness (QED) is 0.796. The number of halogens is 1. The van der Waals surface area contributed by atoms with Gasteiger partial charge in [0.05, 0.1) is 0 Å². The minimum Gasteiger partial charge on any atom is -0.341 e. The lowest BCUT2D eigenvalue weighted by molar-refractivity contribution is -0.130. The molecule has 0 aliphatic heterocycles. The number of carbonyl (C=O) groups is 1. The van der Waals surface area contributed by atoms with Crippen LogP contribution in [0.5, 0.6) is 0 Å². The molecule has 1 aromatic carbocycles. The number of benzene rings is 1. The van der Waals surface area contributed by atoms with Crippen molar-refractivity contribution < 1.29 is 4.79 Å². The molecule has 1 amide bonds. The molecular formula is C17H27ClN2O. The van der Waals surface area contributed by atoms with Crippen LogP contribution in [0.3, 0.4) is 0 Å². The molecule has 4 heteroatoms. The van der Waals surface area contributed by atoms with Crippen molar-refractivity contribution in [2.45, 2.75) is 39.7 Å². The Labute approximate surface area is 133 Å². The summed E-state index contributed by atoms with van der Waals surface area (Å²) in [6.45, 7) is 5.68. The third-order valence-electron chi connectivity index (χ3n) is 3.94. The minimum absolute atomic E-state index is 0.178. The summed E-state index contributed by atoms with van der Waals surface area (Å²) in [6, 6.07) is 7.64. The van der Waals surface area contributed by atoms with Gasteiger partial charge < -0.3 is 10.6 Å². The molecule has 1 rings (SSSR count). The number of hydrogen-bond acceptors (Lipinski definition) is 2. The van der Waals surface area contributed by atoms with Crippen LogP contribution in [0, 0.1) is 11.8 Å². The zero-order valence-corrected chi connectivity index (χ0v) is 14.1. The standard InChI is InChI=1S/C17H27ClN2O/c1-13(2)15(9-10-19)7-8-17(21)20(3)12-14-5-4-6-16(18)11-14/h4-6,11,13,15H,7-10,12,19H2,1-3H3. The Morgan fingerprint density at radius 2 is 2.05 bits per heavy atom. The van der Waals surface area contributed by atoms with E-state index in [0.717, 1.165) is 18.4 Å². The summed E-state index contributed by atoms with van der Waals surface area (Å²) in [5, 5.41) is 0.705. The van der Waals surface area contributed by atoms with Gasteiger partial charge in [0, 0.05) is 25.0 Å². The first-order valence-corrected chi connectivity index (χ1v) is 8.00. The van der Waals surface area contributed by atoms with E-state index < -0.39 is 0 Å². The number of carbonyl (C=O) groups excluding carboxylic acids is 1. The molecular weight excluding hydrogens is 284 g/mol. The van der Waals surface area contributed by atoms with E-state index in [1.807, 2.05) is 31.3 Å². The molecule has 1 atom stereocenters. The Morgan fingerprint density at radius 3 is 2.62 bits per heavy atom. The largest absolute Gasteiger partial charge is 0.341 e. The Balaban J connectivity index is 2.47. The number of hydrogen-bond donors (Lipinski definition) is 1. The Morgan fingerprint density at radius 1 is 1.33 bits per heavy atom. The van der Waals surface area contributed by atoms with Crippen molar-refractivity contribution in [1.82, 2.24) is 4.90 Å². The van der Waals surface area contributed by atoms with E-state index in [0.29, 0.717) is 36.4 Å². The van der Waals surface area contributed by atoms with Gasteiger partial charge in [-0.25, -0.2) is 0 Å². The SMILES string of the molecule is CC(C)C(CCN)CCC(=O)N(C)Cc1cccc(Cl)c1. The van der Waals surface area contributed by atoms with E-state index in [4.69, 9.17) is 17.3 Å². The highest BCUT2D eigenvalue weighted by Gasteiger charge is 2.16. The lowest BCUT2D eigenvalue weighted by atomic mass is 9.88. The van der Waals surface area contributed by atoms with Crippen LogP contribution in [0.25, 0.3) is 0 Å². The predicted octanol–water partition coefficient (Wildman–Crippen LogP) is 3.70. The molecule has 118 valence electrons. The van der Waals surface area contributed by atoms with Crippen LogP contribution in [-0.2, 0) is 11.3 Å². The van der Waals surface area contributed by atoms with Crippen molar-refractivity contribution in [3.8, 4) is 0 Å². The maximum absolute atomic E-state index is 12.2. The smallest absolute Gasteiger partial charge is 0.222 e. The molecule has 0 aliphatic rings. The summed E-state index contributed by atoms with van der Waals surface area (Å²) >= 11 is 5.96. The summed E-state index contributed by atoms with van der Waals surface area (Å²) in [6.07, 6.45) is 2.48. The first-order valence-electron chi connectivity index (χ1n) is 7.62. The monoisotopic (exact) mass is 310 g/mol. The molecule has 21 heavy (non-hydrogen) atoms. The molecule has 2 N–H and O–H groups in total. The Hall–Kier alpha value is -1.06. The maximum Gasteiger partial charge on any atom is 0.222 e. The van der Waals surface area contributed by atoms with Gasteiger partial charge in [-0.1, -0.05) is 37.6 Å². The second-order valence-corrected chi connectivity index (χ2v) is 6.44. The van der Waals surface area contributed by atoms with Gasteiger partial charge in [-0.2, -0.15) is 0 Å². The molecule has 1 unspecified atom stereocenters. The fraction of sp³-hybridized carbons (Fsp3) is 0.588. The van der Waals surface area contributed by atoms with Crippen LogP contribution in [0.15, 0.2) is 24.3 Å². The first-order chi connectivity index (χ1) is 9.93. The topological polar surface area (TPSA) is 46.3 Å². The lowest BCUT2D eigenvalue weighted by Gasteiger charge is -2.22. The summed E-state index contributed by atoms with van der Waals surface area (Å²) < 4.78 is 0. The van der Waals surface area contributed by atoms with E-state index in [-0.39, 0.29) is 5.91 Å². The second-order valence-electron chi connectivity index (χ2n) is 6.00. The van der Waals surface area contributed by atoms with Gasteiger partial charge in [-0.15, -0.1) is 0 Å². The van der Waals surface area contributed by atoms with Crippen LogP contribution < -0.4 is 5.73 Å². The van der Waals surface area contributed by atoms with E-state index in [1.165, 1.54) is 0 Å². The molecule has 3 nitrogen and oxygen atoms in total. The van der Waals surface area contributed by atoms with Gasteiger partial charge in [0.15, 0.2) is 0 Å². The van der Waals surface area contributed by atoms with Crippen molar-refractivity contribution in [1.29, 1.82) is 0 Å². The van der Waals surface area contributed by atoms with Gasteiger partial charge in [-0.05, 0) is 48.9 Å². The molecule has 0 fully saturated rings. The van der Waals surface area contributed by atoms with Gasteiger partial charge in [-0.3, -0.25) is 4.79 Å². The highest BCUT2D eigenvalue weighted by molar-refractivity contribution is 6.30. The summed E-state index contributed by atoms with van der Waals surface area (Å²) in [4.78, 5) is 14.0. The van der Waals surface area contributed by atoms with E-state index in [9.17, 15) is 4.79 Å². The molecule has 0 radical (unpaired) electrons. The molecule has 0 spiro atoms.